The van der Waals surface area contributed by atoms with Gasteiger partial charge in [-0.3, -0.25) is 4.79 Å². The number of nitrogens with one attached hydrogen (secondary N) is 1. The molecule has 1 aliphatic rings. The van der Waals surface area contributed by atoms with Crippen molar-refractivity contribution in [2.75, 3.05) is 38.7 Å². The van der Waals surface area contributed by atoms with Crippen LogP contribution in [-0.4, -0.2) is 57.0 Å². The molecule has 1 N–H and O–H groups in total. The molecule has 2 aromatic carbocycles. The summed E-state index contributed by atoms with van der Waals surface area (Å²) in [6, 6.07) is 14.1. The Labute approximate surface area is 184 Å². The number of thiazole rings is 1. The van der Waals surface area contributed by atoms with E-state index < -0.39 is 10.0 Å². The third-order valence-corrected chi connectivity index (χ3v) is 7.72. The molecule has 4 rings (SSSR count). The van der Waals surface area contributed by atoms with Gasteiger partial charge in [0.1, 0.15) is 20.5 Å². The second-order valence-electron chi connectivity index (χ2n) is 6.73. The van der Waals surface area contributed by atoms with E-state index in [1.54, 1.807) is 6.07 Å². The van der Waals surface area contributed by atoms with Gasteiger partial charge in [-0.25, -0.2) is 13.4 Å². The van der Waals surface area contributed by atoms with Crippen LogP contribution in [0.1, 0.15) is 9.67 Å². The molecule has 0 unspecified atom stereocenters. The van der Waals surface area contributed by atoms with Gasteiger partial charge in [0.2, 0.25) is 10.0 Å². The molecule has 0 bridgehead atoms. The zero-order valence-corrected chi connectivity index (χ0v) is 18.4. The molecule has 1 fully saturated rings. The van der Waals surface area contributed by atoms with E-state index in [4.69, 9.17) is 9.47 Å². The van der Waals surface area contributed by atoms with Crippen LogP contribution in [0.15, 0.2) is 59.6 Å². The van der Waals surface area contributed by atoms with Crippen LogP contribution < -0.4 is 10.1 Å². The maximum absolute atomic E-state index is 13.1. The fraction of sp³-hybridized carbons (Fsp3) is 0.238. The highest BCUT2D eigenvalue weighted by Crippen LogP contribution is 2.31. The summed E-state index contributed by atoms with van der Waals surface area (Å²) >= 11 is 1.27. The van der Waals surface area contributed by atoms with Crippen molar-refractivity contribution >= 4 is 33.0 Å². The maximum atomic E-state index is 13.1. The van der Waals surface area contributed by atoms with Crippen molar-refractivity contribution in [2.24, 2.45) is 0 Å². The Kier molecular flexibility index (Phi) is 6.33. The summed E-state index contributed by atoms with van der Waals surface area (Å²) < 4.78 is 38.1. The Morgan fingerprint density at radius 3 is 2.61 bits per heavy atom. The Morgan fingerprint density at radius 2 is 1.90 bits per heavy atom. The van der Waals surface area contributed by atoms with Gasteiger partial charge < -0.3 is 14.8 Å². The van der Waals surface area contributed by atoms with Crippen molar-refractivity contribution in [3.8, 4) is 16.3 Å². The van der Waals surface area contributed by atoms with Gasteiger partial charge in [-0.2, -0.15) is 4.31 Å². The first-order valence-corrected chi connectivity index (χ1v) is 11.8. The number of carbonyl (C=O) groups excluding carboxylic acids is 1. The number of carbonyl (C=O) groups is 1. The van der Waals surface area contributed by atoms with Crippen LogP contribution in [0.5, 0.6) is 5.75 Å². The van der Waals surface area contributed by atoms with Gasteiger partial charge in [0.05, 0.1) is 26.5 Å². The summed E-state index contributed by atoms with van der Waals surface area (Å²) in [5, 5.41) is 3.49. The average molecular weight is 460 g/mol. The molecule has 8 nitrogen and oxygen atoms in total. The lowest BCUT2D eigenvalue weighted by atomic mass is 10.2. The Hall–Kier alpha value is -2.79. The van der Waals surface area contributed by atoms with Crippen molar-refractivity contribution in [3.05, 3.63) is 59.6 Å². The number of rotatable bonds is 6. The number of anilines is 1. The van der Waals surface area contributed by atoms with Crippen molar-refractivity contribution in [2.45, 2.75) is 4.90 Å². The van der Waals surface area contributed by atoms with Crippen molar-refractivity contribution in [3.63, 3.8) is 0 Å². The molecule has 1 aromatic heterocycles. The fourth-order valence-electron chi connectivity index (χ4n) is 3.17. The molecular formula is C21H21N3O5S2. The molecule has 31 heavy (non-hydrogen) atoms. The van der Waals surface area contributed by atoms with E-state index in [1.807, 2.05) is 30.3 Å². The van der Waals surface area contributed by atoms with Crippen molar-refractivity contribution < 1.29 is 22.7 Å². The SMILES string of the molecule is COc1ccc(NC(=O)c2cnc(-c3ccccc3)s2)cc1S(=O)(=O)N1CCOCC1. The van der Waals surface area contributed by atoms with Gasteiger partial charge in [0.15, 0.2) is 0 Å². The predicted molar refractivity (Wildman–Crippen MR) is 118 cm³/mol. The molecule has 3 aromatic rings. The summed E-state index contributed by atoms with van der Waals surface area (Å²) in [6.07, 6.45) is 1.51. The quantitative estimate of drug-likeness (QED) is 0.608. The van der Waals surface area contributed by atoms with Crippen molar-refractivity contribution in [1.29, 1.82) is 0 Å². The summed E-state index contributed by atoms with van der Waals surface area (Å²) in [4.78, 5) is 17.5. The lowest BCUT2D eigenvalue weighted by Gasteiger charge is -2.26. The van der Waals surface area contributed by atoms with E-state index in [1.165, 1.54) is 41.1 Å². The molecular weight excluding hydrogens is 438 g/mol. The average Bonchev–Trinajstić information content (AvgIpc) is 3.31. The highest BCUT2D eigenvalue weighted by molar-refractivity contribution is 7.89. The lowest BCUT2D eigenvalue weighted by Crippen LogP contribution is -2.40. The summed E-state index contributed by atoms with van der Waals surface area (Å²) in [7, 11) is -2.38. The number of sulfonamides is 1. The Morgan fingerprint density at radius 1 is 1.16 bits per heavy atom. The van der Waals surface area contributed by atoms with Gasteiger partial charge in [0, 0.05) is 24.3 Å². The van der Waals surface area contributed by atoms with E-state index in [9.17, 15) is 13.2 Å². The van der Waals surface area contributed by atoms with Crippen molar-refractivity contribution in [1.82, 2.24) is 9.29 Å². The van der Waals surface area contributed by atoms with E-state index in [0.29, 0.717) is 23.8 Å². The largest absolute Gasteiger partial charge is 0.495 e. The van der Waals surface area contributed by atoms with E-state index >= 15 is 0 Å². The number of morpholine rings is 1. The molecule has 0 spiro atoms. The van der Waals surface area contributed by atoms with E-state index in [2.05, 4.69) is 10.3 Å². The molecule has 1 saturated heterocycles. The predicted octanol–water partition coefficient (Wildman–Crippen LogP) is 3.09. The fourth-order valence-corrected chi connectivity index (χ4v) is 5.57. The molecule has 0 atom stereocenters. The number of hydrogen-bond donors (Lipinski definition) is 1. The standard InChI is InChI=1S/C21H21N3O5S2/c1-28-17-8-7-16(13-19(17)31(26,27)24-9-11-29-12-10-24)23-20(25)18-14-22-21(30-18)15-5-3-2-4-6-15/h2-8,13-14H,9-12H2,1H3,(H,23,25). The number of hydrogen-bond acceptors (Lipinski definition) is 7. The van der Waals surface area contributed by atoms with Crippen LogP contribution in [0.3, 0.4) is 0 Å². The maximum Gasteiger partial charge on any atom is 0.267 e. The van der Waals surface area contributed by atoms with Gasteiger partial charge in [0.25, 0.3) is 5.91 Å². The first-order chi connectivity index (χ1) is 15.0. The number of ether oxygens (including phenoxy) is 2. The summed E-state index contributed by atoms with van der Waals surface area (Å²) in [5.74, 6) is -0.145. The molecule has 0 saturated carbocycles. The van der Waals surface area contributed by atoms with Crippen LogP contribution in [0.2, 0.25) is 0 Å². The minimum Gasteiger partial charge on any atom is -0.495 e. The van der Waals surface area contributed by atoms with E-state index in [0.717, 1.165) is 10.6 Å². The lowest BCUT2D eigenvalue weighted by molar-refractivity contribution is 0.0729. The molecule has 162 valence electrons. The third kappa shape index (κ3) is 4.62. The Balaban J connectivity index is 1.57. The normalized spacial score (nSPS) is 14.9. The minimum absolute atomic E-state index is 0.00368. The second kappa shape index (κ2) is 9.15. The summed E-state index contributed by atoms with van der Waals surface area (Å²) in [5.41, 5.74) is 1.28. The van der Waals surface area contributed by atoms with E-state index in [-0.39, 0.29) is 29.6 Å². The molecule has 2 heterocycles. The summed E-state index contributed by atoms with van der Waals surface area (Å²) in [6.45, 7) is 1.22. The molecule has 0 aliphatic carbocycles. The van der Waals surface area contributed by atoms with Crippen LogP contribution in [0.4, 0.5) is 5.69 Å². The van der Waals surface area contributed by atoms with Gasteiger partial charge in [-0.1, -0.05) is 30.3 Å². The number of nitrogens with zero attached hydrogens (tertiary/aromatic N) is 2. The minimum atomic E-state index is -3.79. The number of methoxy groups -OCH3 is 1. The highest BCUT2D eigenvalue weighted by Gasteiger charge is 2.29. The topological polar surface area (TPSA) is 97.8 Å². The molecule has 1 aliphatic heterocycles. The van der Waals surface area contributed by atoms with Gasteiger partial charge in [-0.05, 0) is 18.2 Å². The first kappa shape index (κ1) is 21.4. The van der Waals surface area contributed by atoms with Crippen LogP contribution in [0.25, 0.3) is 10.6 Å². The third-order valence-electron chi connectivity index (χ3n) is 4.76. The zero-order chi connectivity index (χ0) is 21.8. The second-order valence-corrected chi connectivity index (χ2v) is 9.67. The highest BCUT2D eigenvalue weighted by atomic mass is 32.2. The number of amides is 1. The van der Waals surface area contributed by atoms with Crippen LogP contribution in [0, 0.1) is 0 Å². The first-order valence-electron chi connectivity index (χ1n) is 9.57. The number of aromatic nitrogens is 1. The molecule has 1 amide bonds. The van der Waals surface area contributed by atoms with Crippen LogP contribution >= 0.6 is 11.3 Å². The Bertz CT molecular complexity index is 1170. The van der Waals surface area contributed by atoms with Gasteiger partial charge in [-0.15, -0.1) is 11.3 Å². The number of benzene rings is 2. The van der Waals surface area contributed by atoms with Crippen LogP contribution in [-0.2, 0) is 14.8 Å². The smallest absolute Gasteiger partial charge is 0.267 e. The monoisotopic (exact) mass is 459 g/mol. The van der Waals surface area contributed by atoms with Gasteiger partial charge >= 0.3 is 0 Å². The zero-order valence-electron chi connectivity index (χ0n) is 16.8. The molecule has 0 radical (unpaired) electrons. The molecule has 10 heteroatoms.